The quantitative estimate of drug-likeness (QED) is 0.709. The van der Waals surface area contributed by atoms with E-state index >= 15 is 0 Å². The van der Waals surface area contributed by atoms with E-state index in [4.69, 9.17) is 0 Å². The molecule has 98 valence electrons. The van der Waals surface area contributed by atoms with Gasteiger partial charge >= 0.3 is 0 Å². The van der Waals surface area contributed by atoms with Crippen LogP contribution in [0.2, 0.25) is 0 Å². The Kier molecular flexibility index (Phi) is 3.46. The highest BCUT2D eigenvalue weighted by molar-refractivity contribution is 5.76. The number of hydrogen-bond acceptors (Lipinski definition) is 1. The molecule has 0 saturated heterocycles. The first-order valence-electron chi connectivity index (χ1n) is 6.10. The van der Waals surface area contributed by atoms with Crippen molar-refractivity contribution >= 4 is 6.21 Å². The zero-order chi connectivity index (χ0) is 13.2. The van der Waals surface area contributed by atoms with Crippen LogP contribution < -0.4 is 0 Å². The van der Waals surface area contributed by atoms with Crippen LogP contribution in [-0.2, 0) is 5.41 Å². The molecule has 0 aromatic heterocycles. The van der Waals surface area contributed by atoms with Gasteiger partial charge in [0.2, 0.25) is 0 Å². The third-order valence-electron chi connectivity index (χ3n) is 3.67. The summed E-state index contributed by atoms with van der Waals surface area (Å²) in [6.07, 6.45) is 2.38. The lowest BCUT2D eigenvalue weighted by Gasteiger charge is -2.41. The van der Waals surface area contributed by atoms with Crippen molar-refractivity contribution in [3.8, 4) is 0 Å². The number of halogens is 3. The van der Waals surface area contributed by atoms with E-state index in [-0.39, 0.29) is 18.4 Å². The van der Waals surface area contributed by atoms with Crippen molar-refractivity contribution in [1.29, 1.82) is 0 Å². The molecule has 0 spiro atoms. The number of alkyl halides is 2. The number of benzene rings is 1. The topological polar surface area (TPSA) is 12.4 Å². The molecule has 4 heteroatoms. The standard InChI is InChI=1S/C14H16F3N/c1-18-10-13(8-4-5-9-14(13,16)17)11-6-2-3-7-12(11)15/h2-3,6-7,10H,4-5,8-9H2,1H3/t13-/m0/s1. The molecule has 0 radical (unpaired) electrons. The Labute approximate surface area is 105 Å². The Balaban J connectivity index is 2.60. The van der Waals surface area contributed by atoms with Gasteiger partial charge in [0.05, 0.1) is 5.41 Å². The first kappa shape index (κ1) is 13.1. The Morgan fingerprint density at radius 1 is 1.17 bits per heavy atom. The van der Waals surface area contributed by atoms with Crippen molar-refractivity contribution in [3.05, 3.63) is 35.6 Å². The fourth-order valence-corrected chi connectivity index (χ4v) is 2.76. The minimum atomic E-state index is -2.95. The molecule has 1 nitrogen and oxygen atoms in total. The lowest BCUT2D eigenvalue weighted by atomic mass is 9.67. The normalized spacial score (nSPS) is 27.6. The SMILES string of the molecule is CN=C[C@]1(c2ccccc2F)CCCCC1(F)F. The molecule has 0 amide bonds. The van der Waals surface area contributed by atoms with Gasteiger partial charge in [0.1, 0.15) is 5.82 Å². The van der Waals surface area contributed by atoms with Gasteiger partial charge in [-0.1, -0.05) is 24.6 Å². The smallest absolute Gasteiger partial charge is 0.262 e. The second kappa shape index (κ2) is 4.75. The van der Waals surface area contributed by atoms with E-state index < -0.39 is 17.2 Å². The molecular formula is C14H16F3N. The van der Waals surface area contributed by atoms with Gasteiger partial charge in [-0.2, -0.15) is 0 Å². The van der Waals surface area contributed by atoms with E-state index in [1.165, 1.54) is 31.5 Å². The zero-order valence-electron chi connectivity index (χ0n) is 10.3. The largest absolute Gasteiger partial charge is 0.300 e. The van der Waals surface area contributed by atoms with Crippen molar-refractivity contribution in [3.63, 3.8) is 0 Å². The maximum absolute atomic E-state index is 14.3. The minimum absolute atomic E-state index is 0.0558. The molecule has 1 saturated carbocycles. The van der Waals surface area contributed by atoms with Crippen LogP contribution in [0.15, 0.2) is 29.3 Å². The molecule has 1 aliphatic carbocycles. The van der Waals surface area contributed by atoms with Crippen molar-refractivity contribution in [1.82, 2.24) is 0 Å². The van der Waals surface area contributed by atoms with Crippen LogP contribution in [0.4, 0.5) is 13.2 Å². The lowest BCUT2D eigenvalue weighted by Crippen LogP contribution is -2.49. The molecule has 1 aliphatic rings. The molecule has 18 heavy (non-hydrogen) atoms. The average molecular weight is 255 g/mol. The van der Waals surface area contributed by atoms with Gasteiger partial charge in [0, 0.05) is 25.2 Å². The highest BCUT2D eigenvalue weighted by atomic mass is 19.3. The first-order chi connectivity index (χ1) is 8.53. The summed E-state index contributed by atoms with van der Waals surface area (Å²) in [6, 6.07) is 5.77. The van der Waals surface area contributed by atoms with Gasteiger partial charge in [-0.25, -0.2) is 13.2 Å². The van der Waals surface area contributed by atoms with Crippen molar-refractivity contribution in [2.45, 2.75) is 37.0 Å². The van der Waals surface area contributed by atoms with Gasteiger partial charge in [0.15, 0.2) is 0 Å². The summed E-state index contributed by atoms with van der Waals surface area (Å²) < 4.78 is 42.5. The second-order valence-electron chi connectivity index (χ2n) is 4.75. The van der Waals surface area contributed by atoms with E-state index in [0.717, 1.165) is 0 Å². The lowest BCUT2D eigenvalue weighted by molar-refractivity contribution is -0.0782. The Hall–Kier alpha value is -1.32. The van der Waals surface area contributed by atoms with Crippen LogP contribution in [-0.4, -0.2) is 19.2 Å². The van der Waals surface area contributed by atoms with Crippen molar-refractivity contribution < 1.29 is 13.2 Å². The Morgan fingerprint density at radius 3 is 2.44 bits per heavy atom. The van der Waals surface area contributed by atoms with E-state index in [1.807, 2.05) is 0 Å². The molecule has 1 aromatic carbocycles. The predicted molar refractivity (Wildman–Crippen MR) is 65.9 cm³/mol. The van der Waals surface area contributed by atoms with E-state index in [2.05, 4.69) is 4.99 Å². The number of aliphatic imine (C=N–C) groups is 1. The van der Waals surface area contributed by atoms with Crippen LogP contribution >= 0.6 is 0 Å². The second-order valence-corrected chi connectivity index (χ2v) is 4.75. The van der Waals surface area contributed by atoms with Crippen molar-refractivity contribution in [2.75, 3.05) is 7.05 Å². The van der Waals surface area contributed by atoms with E-state index in [0.29, 0.717) is 12.8 Å². The summed E-state index contributed by atoms with van der Waals surface area (Å²) in [5.74, 6) is -3.54. The van der Waals surface area contributed by atoms with E-state index in [1.54, 1.807) is 6.07 Å². The molecule has 0 aliphatic heterocycles. The molecule has 1 fully saturated rings. The number of hydrogen-bond donors (Lipinski definition) is 0. The van der Waals surface area contributed by atoms with Gasteiger partial charge in [-0.3, -0.25) is 4.99 Å². The zero-order valence-corrected chi connectivity index (χ0v) is 10.3. The van der Waals surface area contributed by atoms with Gasteiger partial charge < -0.3 is 0 Å². The van der Waals surface area contributed by atoms with Gasteiger partial charge in [-0.05, 0) is 18.9 Å². The summed E-state index contributed by atoms with van der Waals surface area (Å²) in [7, 11) is 1.45. The van der Waals surface area contributed by atoms with Crippen LogP contribution in [0.25, 0.3) is 0 Å². The van der Waals surface area contributed by atoms with Crippen LogP contribution in [0.1, 0.15) is 31.2 Å². The summed E-state index contributed by atoms with van der Waals surface area (Å²) >= 11 is 0. The molecule has 2 rings (SSSR count). The molecule has 1 aromatic rings. The van der Waals surface area contributed by atoms with Crippen LogP contribution in [0.5, 0.6) is 0 Å². The van der Waals surface area contributed by atoms with Gasteiger partial charge in [0.25, 0.3) is 5.92 Å². The third-order valence-corrected chi connectivity index (χ3v) is 3.67. The molecule has 1 atom stereocenters. The van der Waals surface area contributed by atoms with E-state index in [9.17, 15) is 13.2 Å². The number of nitrogens with zero attached hydrogens (tertiary/aromatic N) is 1. The maximum Gasteiger partial charge on any atom is 0.262 e. The molecule has 0 bridgehead atoms. The summed E-state index contributed by atoms with van der Waals surface area (Å²) in [4.78, 5) is 3.77. The molecule has 0 heterocycles. The van der Waals surface area contributed by atoms with Crippen LogP contribution in [0, 0.1) is 5.82 Å². The Bertz CT molecular complexity index is 456. The van der Waals surface area contributed by atoms with Gasteiger partial charge in [-0.15, -0.1) is 0 Å². The monoisotopic (exact) mass is 255 g/mol. The molecule has 0 N–H and O–H groups in total. The first-order valence-corrected chi connectivity index (χ1v) is 6.10. The summed E-state index contributed by atoms with van der Waals surface area (Å²) in [5.41, 5.74) is -1.54. The third kappa shape index (κ3) is 1.93. The highest BCUT2D eigenvalue weighted by Gasteiger charge is 2.55. The fourth-order valence-electron chi connectivity index (χ4n) is 2.76. The van der Waals surface area contributed by atoms with Crippen LogP contribution in [0.3, 0.4) is 0 Å². The average Bonchev–Trinajstić information content (AvgIpc) is 2.33. The predicted octanol–water partition coefficient (Wildman–Crippen LogP) is 3.97. The Morgan fingerprint density at radius 2 is 1.83 bits per heavy atom. The van der Waals surface area contributed by atoms with Crippen molar-refractivity contribution in [2.24, 2.45) is 4.99 Å². The number of rotatable bonds is 2. The summed E-state index contributed by atoms with van der Waals surface area (Å²) in [5, 5.41) is 0. The highest BCUT2D eigenvalue weighted by Crippen LogP contribution is 2.49. The molecule has 0 unspecified atom stereocenters. The minimum Gasteiger partial charge on any atom is -0.300 e. The maximum atomic E-state index is 14.3. The summed E-state index contributed by atoms with van der Waals surface area (Å²) in [6.45, 7) is 0. The fraction of sp³-hybridized carbons (Fsp3) is 0.500. The molecular weight excluding hydrogens is 239 g/mol.